The number of hydrogen-bond acceptors (Lipinski definition) is 3. The predicted molar refractivity (Wildman–Crippen MR) is 68.5 cm³/mol. The van der Waals surface area contributed by atoms with Gasteiger partial charge in [0.1, 0.15) is 0 Å². The van der Waals surface area contributed by atoms with E-state index in [1.165, 1.54) is 58.3 Å². The first-order valence-electron chi connectivity index (χ1n) is 6.95. The van der Waals surface area contributed by atoms with E-state index in [2.05, 4.69) is 17.1 Å². The first-order valence-corrected chi connectivity index (χ1v) is 6.95. The molecule has 0 radical (unpaired) electrons. The molecular weight excluding hydrogens is 198 g/mol. The molecule has 0 bridgehead atoms. The van der Waals surface area contributed by atoms with Crippen molar-refractivity contribution in [2.24, 2.45) is 11.7 Å². The predicted octanol–water partition coefficient (Wildman–Crippen LogP) is 1.19. The van der Waals surface area contributed by atoms with Crippen molar-refractivity contribution in [3.63, 3.8) is 0 Å². The summed E-state index contributed by atoms with van der Waals surface area (Å²) in [5.41, 5.74) is 6.24. The topological polar surface area (TPSA) is 41.3 Å². The number of nitrogens with two attached hydrogens (primary N) is 1. The molecule has 1 aliphatic heterocycles. The molecule has 3 heteroatoms. The molecule has 0 aromatic carbocycles. The highest BCUT2D eigenvalue weighted by atomic mass is 15.2. The Morgan fingerprint density at radius 1 is 1.31 bits per heavy atom. The lowest BCUT2D eigenvalue weighted by atomic mass is 9.87. The second-order valence-electron chi connectivity index (χ2n) is 5.65. The number of rotatable bonds is 6. The van der Waals surface area contributed by atoms with Crippen LogP contribution in [0.1, 0.15) is 39.0 Å². The molecule has 1 saturated carbocycles. The minimum absolute atomic E-state index is 0.257. The van der Waals surface area contributed by atoms with E-state index in [0.29, 0.717) is 0 Å². The number of likely N-dealkylation sites (tertiary alicyclic amines) is 1. The molecule has 2 rings (SSSR count). The summed E-state index contributed by atoms with van der Waals surface area (Å²) in [6.45, 7) is 7.97. The summed E-state index contributed by atoms with van der Waals surface area (Å²) in [7, 11) is 0. The Bertz CT molecular complexity index is 205. The summed E-state index contributed by atoms with van der Waals surface area (Å²) >= 11 is 0. The molecule has 1 aliphatic carbocycles. The third-order valence-corrected chi connectivity index (χ3v) is 4.21. The molecule has 3 N–H and O–H groups in total. The van der Waals surface area contributed by atoms with Crippen LogP contribution in [-0.4, -0.2) is 43.2 Å². The fourth-order valence-corrected chi connectivity index (χ4v) is 2.66. The van der Waals surface area contributed by atoms with Crippen molar-refractivity contribution in [3.05, 3.63) is 0 Å². The maximum Gasteiger partial charge on any atom is 0.0328 e. The van der Waals surface area contributed by atoms with Crippen molar-refractivity contribution in [2.75, 3.05) is 32.7 Å². The number of piperidine rings is 1. The molecule has 16 heavy (non-hydrogen) atoms. The molecule has 2 aliphatic rings. The van der Waals surface area contributed by atoms with Gasteiger partial charge in [-0.05, 0) is 64.2 Å². The fraction of sp³-hybridized carbons (Fsp3) is 1.00. The standard InChI is InChI=1S/C13H27N3/c1-2-7-16-8-5-13(11-14,6-9-16)15-10-12-3-4-12/h12,15H,2-11,14H2,1H3. The molecule has 94 valence electrons. The van der Waals surface area contributed by atoms with E-state index in [1.807, 2.05) is 0 Å². The SMILES string of the molecule is CCCN1CCC(CN)(NCC2CC2)CC1. The minimum Gasteiger partial charge on any atom is -0.329 e. The minimum atomic E-state index is 0.257. The van der Waals surface area contributed by atoms with Crippen molar-refractivity contribution in [3.8, 4) is 0 Å². The van der Waals surface area contributed by atoms with Gasteiger partial charge in [0.2, 0.25) is 0 Å². The molecular formula is C13H27N3. The zero-order valence-electron chi connectivity index (χ0n) is 10.7. The van der Waals surface area contributed by atoms with Gasteiger partial charge in [-0.25, -0.2) is 0 Å². The lowest BCUT2D eigenvalue weighted by molar-refractivity contribution is 0.138. The van der Waals surface area contributed by atoms with Gasteiger partial charge in [-0.1, -0.05) is 6.92 Å². The largest absolute Gasteiger partial charge is 0.329 e. The highest BCUT2D eigenvalue weighted by molar-refractivity contribution is 4.95. The molecule has 0 atom stereocenters. The summed E-state index contributed by atoms with van der Waals surface area (Å²) in [5, 5.41) is 3.76. The average Bonchev–Trinajstić information content (AvgIpc) is 3.13. The molecule has 0 aromatic rings. The van der Waals surface area contributed by atoms with E-state index < -0.39 is 0 Å². The molecule has 0 unspecified atom stereocenters. The summed E-state index contributed by atoms with van der Waals surface area (Å²) in [6, 6.07) is 0. The first kappa shape index (κ1) is 12.3. The Labute approximate surface area is 99.8 Å². The zero-order valence-corrected chi connectivity index (χ0v) is 10.7. The molecule has 0 aromatic heterocycles. The maximum atomic E-state index is 5.98. The van der Waals surface area contributed by atoms with Gasteiger partial charge in [-0.2, -0.15) is 0 Å². The van der Waals surface area contributed by atoms with E-state index in [9.17, 15) is 0 Å². The van der Waals surface area contributed by atoms with Gasteiger partial charge in [0.15, 0.2) is 0 Å². The van der Waals surface area contributed by atoms with Gasteiger partial charge in [0.05, 0.1) is 0 Å². The van der Waals surface area contributed by atoms with Gasteiger partial charge in [0, 0.05) is 12.1 Å². The molecule has 0 spiro atoms. The van der Waals surface area contributed by atoms with Crippen molar-refractivity contribution < 1.29 is 0 Å². The van der Waals surface area contributed by atoms with Crippen LogP contribution in [0.5, 0.6) is 0 Å². The lowest BCUT2D eigenvalue weighted by Crippen LogP contribution is -2.58. The molecule has 1 saturated heterocycles. The molecule has 2 fully saturated rings. The first-order chi connectivity index (χ1) is 7.78. The van der Waals surface area contributed by atoms with Crippen LogP contribution in [0, 0.1) is 5.92 Å². The second-order valence-corrected chi connectivity index (χ2v) is 5.65. The Hall–Kier alpha value is -0.120. The van der Waals surface area contributed by atoms with E-state index in [1.54, 1.807) is 0 Å². The quantitative estimate of drug-likeness (QED) is 0.713. The van der Waals surface area contributed by atoms with Crippen LogP contribution in [0.25, 0.3) is 0 Å². The van der Waals surface area contributed by atoms with Crippen molar-refractivity contribution in [1.82, 2.24) is 10.2 Å². The van der Waals surface area contributed by atoms with Gasteiger partial charge in [-0.15, -0.1) is 0 Å². The third kappa shape index (κ3) is 3.19. The highest BCUT2D eigenvalue weighted by Crippen LogP contribution is 2.30. The van der Waals surface area contributed by atoms with Crippen molar-refractivity contribution >= 4 is 0 Å². The van der Waals surface area contributed by atoms with Crippen LogP contribution >= 0.6 is 0 Å². The summed E-state index contributed by atoms with van der Waals surface area (Å²) in [5.74, 6) is 0.956. The summed E-state index contributed by atoms with van der Waals surface area (Å²) in [4.78, 5) is 2.58. The highest BCUT2D eigenvalue weighted by Gasteiger charge is 2.34. The molecule has 3 nitrogen and oxygen atoms in total. The van der Waals surface area contributed by atoms with Crippen molar-refractivity contribution in [2.45, 2.75) is 44.6 Å². The van der Waals surface area contributed by atoms with Crippen LogP contribution in [-0.2, 0) is 0 Å². The Balaban J connectivity index is 1.76. The smallest absolute Gasteiger partial charge is 0.0328 e. The average molecular weight is 225 g/mol. The summed E-state index contributed by atoms with van der Waals surface area (Å²) in [6.07, 6.45) is 6.59. The Morgan fingerprint density at radius 3 is 2.50 bits per heavy atom. The Kier molecular flexibility index (Phi) is 4.22. The van der Waals surface area contributed by atoms with E-state index >= 15 is 0 Å². The van der Waals surface area contributed by atoms with Crippen LogP contribution in [0.15, 0.2) is 0 Å². The van der Waals surface area contributed by atoms with E-state index in [4.69, 9.17) is 5.73 Å². The van der Waals surface area contributed by atoms with Crippen LogP contribution < -0.4 is 11.1 Å². The zero-order chi connectivity index (χ0) is 11.4. The van der Waals surface area contributed by atoms with E-state index in [-0.39, 0.29) is 5.54 Å². The fourth-order valence-electron chi connectivity index (χ4n) is 2.66. The van der Waals surface area contributed by atoms with Crippen molar-refractivity contribution in [1.29, 1.82) is 0 Å². The lowest BCUT2D eigenvalue weighted by Gasteiger charge is -2.42. The van der Waals surface area contributed by atoms with Gasteiger partial charge < -0.3 is 16.0 Å². The number of nitrogens with zero attached hydrogens (tertiary/aromatic N) is 1. The van der Waals surface area contributed by atoms with E-state index in [0.717, 1.165) is 12.5 Å². The van der Waals surface area contributed by atoms with Gasteiger partial charge in [0.25, 0.3) is 0 Å². The normalized spacial score (nSPS) is 25.9. The number of nitrogens with one attached hydrogen (secondary N) is 1. The second kappa shape index (κ2) is 5.48. The van der Waals surface area contributed by atoms with Crippen LogP contribution in [0.3, 0.4) is 0 Å². The molecule has 1 heterocycles. The van der Waals surface area contributed by atoms with Gasteiger partial charge >= 0.3 is 0 Å². The maximum absolute atomic E-state index is 5.98. The monoisotopic (exact) mass is 225 g/mol. The third-order valence-electron chi connectivity index (χ3n) is 4.21. The van der Waals surface area contributed by atoms with Crippen LogP contribution in [0.2, 0.25) is 0 Å². The molecule has 0 amide bonds. The van der Waals surface area contributed by atoms with Gasteiger partial charge in [-0.3, -0.25) is 0 Å². The van der Waals surface area contributed by atoms with Crippen LogP contribution in [0.4, 0.5) is 0 Å². The number of hydrogen-bond donors (Lipinski definition) is 2. The Morgan fingerprint density at radius 2 is 2.00 bits per heavy atom. The summed E-state index contributed by atoms with van der Waals surface area (Å²) < 4.78 is 0.